The average Bonchev–Trinajstić information content (AvgIpc) is 0.688. The zero-order valence-corrected chi connectivity index (χ0v) is 83.6. The second kappa shape index (κ2) is 35.0. The zero-order valence-electron chi connectivity index (χ0n) is 83.6. The first-order valence-electron chi connectivity index (χ1n) is 50.5. The van der Waals surface area contributed by atoms with Crippen LogP contribution in [0, 0.1) is 55.4 Å². The van der Waals surface area contributed by atoms with E-state index in [0.717, 1.165) is 54.1 Å². The van der Waals surface area contributed by atoms with Crippen LogP contribution in [0.4, 0.5) is 68.2 Å². The van der Waals surface area contributed by atoms with E-state index < -0.39 is 0 Å². The molecule has 140 heavy (non-hydrogen) atoms. The molecule has 0 fully saturated rings. The summed E-state index contributed by atoms with van der Waals surface area (Å²) in [5.41, 5.74) is 44.0. The molecule has 0 saturated heterocycles. The van der Waals surface area contributed by atoms with Crippen molar-refractivity contribution in [1.29, 1.82) is 0 Å². The van der Waals surface area contributed by atoms with Crippen LogP contribution >= 0.6 is 0 Å². The standard InChI is InChI=1S/C68H54N2.C68H66N2/c1-44(2)58-42-60(53-36-38-64(55-32-20-18-30-51(53)55)70(48-25-13-7-14-26-48)49-27-15-8-16-28-49)61-43-62-65-45(39-40-68(62,3)4)41-59(57-34-33-56(58)66(61)67(57)65)52-35-37-63(54-31-19-17-29-50(52)54)69(46-21-9-5-10-22-46)47-23-11-6-12-24-47;1-40(2)56-38-58(62-43(5)47(9)67(48(10)44(62)6)70(52-29-21-15-22-30-52)53-31-23-16-24-32-53)59-39-60-63-49(35-36-68(60,11)12)37-57(55-34-33-54(56)64(59)65(55)63)61-41(3)45(7)66(46(8)42(61)4)69(50-25-17-13-18-26-50)51-27-19-14-20-28-51/h5-38,41-44H,39-40H2,1-4H3;13-34,37-40H,35-36H2,1-12H3. The molecule has 0 bridgehead atoms. The molecule has 0 heterocycles. The number of hydrogen-bond acceptors (Lipinski definition) is 4. The van der Waals surface area contributed by atoms with Gasteiger partial charge in [0.25, 0.3) is 0 Å². The maximum Gasteiger partial charge on any atom is 0.0540 e. The molecule has 22 aromatic rings. The van der Waals surface area contributed by atoms with Crippen molar-refractivity contribution in [3.63, 3.8) is 0 Å². The van der Waals surface area contributed by atoms with Crippen molar-refractivity contribution in [3.05, 3.63) is 454 Å². The first-order valence-corrected chi connectivity index (χ1v) is 50.5. The summed E-state index contributed by atoms with van der Waals surface area (Å²) in [6.45, 7) is 38.3. The lowest BCUT2D eigenvalue weighted by Crippen LogP contribution is -2.23. The molecule has 0 unspecified atom stereocenters. The van der Waals surface area contributed by atoms with Crippen LogP contribution in [0.5, 0.6) is 0 Å². The van der Waals surface area contributed by atoms with Crippen LogP contribution in [0.2, 0.25) is 0 Å². The summed E-state index contributed by atoms with van der Waals surface area (Å²) < 4.78 is 0. The van der Waals surface area contributed by atoms with Crippen molar-refractivity contribution in [1.82, 2.24) is 0 Å². The Hall–Kier alpha value is -15.4. The van der Waals surface area contributed by atoms with Crippen LogP contribution in [0.25, 0.3) is 131 Å². The number of rotatable bonds is 18. The van der Waals surface area contributed by atoms with Gasteiger partial charge in [0.1, 0.15) is 0 Å². The van der Waals surface area contributed by atoms with Crippen molar-refractivity contribution < 1.29 is 0 Å². The van der Waals surface area contributed by atoms with E-state index in [1.807, 2.05) is 0 Å². The third-order valence-corrected chi connectivity index (χ3v) is 32.1. The zero-order chi connectivity index (χ0) is 96.0. The molecule has 0 aromatic heterocycles. The number of para-hydroxylation sites is 8. The lowest BCUT2D eigenvalue weighted by atomic mass is 9.68. The van der Waals surface area contributed by atoms with Crippen molar-refractivity contribution in [2.75, 3.05) is 19.6 Å². The fourth-order valence-electron chi connectivity index (χ4n) is 24.6. The van der Waals surface area contributed by atoms with Gasteiger partial charge in [-0.3, -0.25) is 0 Å². The van der Waals surface area contributed by atoms with Gasteiger partial charge in [0.2, 0.25) is 0 Å². The van der Waals surface area contributed by atoms with E-state index in [2.05, 4.69) is 506 Å². The highest BCUT2D eigenvalue weighted by Gasteiger charge is 2.38. The van der Waals surface area contributed by atoms with E-state index in [-0.39, 0.29) is 10.8 Å². The minimum atomic E-state index is -0.000233. The van der Waals surface area contributed by atoms with E-state index in [1.54, 1.807) is 0 Å². The third-order valence-electron chi connectivity index (χ3n) is 32.1. The quantitative estimate of drug-likeness (QED) is 0.0794. The number of nitrogens with zero attached hydrogens (tertiary/aromatic N) is 4. The molecule has 0 N–H and O–H groups in total. The summed E-state index contributed by atoms with van der Waals surface area (Å²) in [5.74, 6) is 0.649. The first kappa shape index (κ1) is 88.6. The normalized spacial score (nSPS) is 13.3. The maximum absolute atomic E-state index is 2.64. The molecular formula is C136H120N4. The smallest absolute Gasteiger partial charge is 0.0540 e. The predicted molar refractivity (Wildman–Crippen MR) is 605 cm³/mol. The lowest BCUT2D eigenvalue weighted by Gasteiger charge is -2.36. The van der Waals surface area contributed by atoms with Crippen molar-refractivity contribution in [3.8, 4) is 44.5 Å². The minimum Gasteiger partial charge on any atom is -0.310 e. The van der Waals surface area contributed by atoms with Crippen LogP contribution in [-0.2, 0) is 23.7 Å². The van der Waals surface area contributed by atoms with Crippen LogP contribution in [0.15, 0.2) is 376 Å². The van der Waals surface area contributed by atoms with Gasteiger partial charge >= 0.3 is 0 Å². The van der Waals surface area contributed by atoms with Gasteiger partial charge in [-0.05, 0) is 447 Å². The highest BCUT2D eigenvalue weighted by atomic mass is 15.2. The molecule has 22 aromatic carbocycles. The molecule has 0 saturated carbocycles. The van der Waals surface area contributed by atoms with Gasteiger partial charge in [-0.1, -0.05) is 286 Å². The van der Waals surface area contributed by atoms with Gasteiger partial charge < -0.3 is 19.6 Å². The highest BCUT2D eigenvalue weighted by Crippen LogP contribution is 2.59. The molecular weight excluding hydrogens is 1690 g/mol. The summed E-state index contributed by atoms with van der Waals surface area (Å²) in [6.07, 6.45) is 4.31. The minimum absolute atomic E-state index is 0.000233. The molecule has 0 amide bonds. The Morgan fingerprint density at radius 1 is 0.207 bits per heavy atom. The van der Waals surface area contributed by atoms with Crippen LogP contribution < -0.4 is 19.6 Å². The number of anilines is 12. The Balaban J connectivity index is 0.000000156. The van der Waals surface area contributed by atoms with Crippen molar-refractivity contribution in [2.45, 2.75) is 159 Å². The molecule has 684 valence electrons. The molecule has 0 radical (unpaired) electrons. The average molecular weight is 1810 g/mol. The maximum atomic E-state index is 2.64. The van der Waals surface area contributed by atoms with Gasteiger partial charge in [0.15, 0.2) is 0 Å². The monoisotopic (exact) mass is 1810 g/mol. The second-order valence-electron chi connectivity index (χ2n) is 41.6. The summed E-state index contributed by atoms with van der Waals surface area (Å²) in [5, 5.41) is 21.7. The van der Waals surface area contributed by atoms with E-state index in [9.17, 15) is 0 Å². The predicted octanol–water partition coefficient (Wildman–Crippen LogP) is 39.2. The lowest BCUT2D eigenvalue weighted by molar-refractivity contribution is 0.475. The summed E-state index contributed by atoms with van der Waals surface area (Å²) in [4.78, 5) is 9.74. The molecule has 4 nitrogen and oxygen atoms in total. The molecule has 2 aliphatic carbocycles. The fourth-order valence-corrected chi connectivity index (χ4v) is 24.6. The van der Waals surface area contributed by atoms with Gasteiger partial charge in [-0.15, -0.1) is 0 Å². The largest absolute Gasteiger partial charge is 0.310 e. The molecule has 2 aliphatic rings. The Morgan fingerprint density at radius 3 is 0.786 bits per heavy atom. The molecule has 0 atom stereocenters. The van der Waals surface area contributed by atoms with E-state index in [0.29, 0.717) is 11.8 Å². The van der Waals surface area contributed by atoms with Crippen LogP contribution in [-0.4, -0.2) is 0 Å². The third kappa shape index (κ3) is 14.4. The summed E-state index contributed by atoms with van der Waals surface area (Å²) in [6, 6.07) is 140. The van der Waals surface area contributed by atoms with E-state index in [4.69, 9.17) is 0 Å². The number of benzene rings is 22. The van der Waals surface area contributed by atoms with Gasteiger partial charge in [0.05, 0.1) is 22.7 Å². The summed E-state index contributed by atoms with van der Waals surface area (Å²) >= 11 is 0. The Labute approximate surface area is 825 Å². The number of fused-ring (bicyclic) bond motifs is 2. The van der Waals surface area contributed by atoms with Crippen molar-refractivity contribution >= 4 is 154 Å². The molecule has 0 aliphatic heterocycles. The topological polar surface area (TPSA) is 13.0 Å². The SMILES string of the molecule is CC(C)c1cc(-c2ccc(N(c3ccccc3)c3ccccc3)c3ccccc23)c2cc3c4c(cc(-c5ccc(N(c6ccccc6)c6ccccc6)c6ccccc56)c5ccc1c2c54)CCC3(C)C.Cc1c(C)c(N(c2ccccc2)c2ccccc2)c(C)c(C)c1-c1cc(C(C)C)c2ccc3c(-c4c(C)c(C)c(N(c5ccccc5)c5ccccc5)c(C)c4C)cc4c5c(cc1c2c35)C(C)(C)CC4. The van der Waals surface area contributed by atoms with Crippen LogP contribution in [0.1, 0.15) is 158 Å². The van der Waals surface area contributed by atoms with Gasteiger partial charge in [0, 0.05) is 56.3 Å². The molecule has 4 heteroatoms. The Bertz CT molecular complexity index is 8380. The van der Waals surface area contributed by atoms with Crippen LogP contribution in [0.3, 0.4) is 0 Å². The van der Waals surface area contributed by atoms with Crippen molar-refractivity contribution in [2.24, 2.45) is 0 Å². The van der Waals surface area contributed by atoms with Gasteiger partial charge in [-0.25, -0.2) is 0 Å². The second-order valence-corrected chi connectivity index (χ2v) is 41.6. The van der Waals surface area contributed by atoms with E-state index >= 15 is 0 Å². The molecule has 24 rings (SSSR count). The number of aryl methyl sites for hydroxylation is 2. The fraction of sp³-hybridized carbons (Fsp3) is 0.176. The van der Waals surface area contributed by atoms with Gasteiger partial charge in [-0.2, -0.15) is 0 Å². The summed E-state index contributed by atoms with van der Waals surface area (Å²) in [7, 11) is 0. The Kier molecular flexibility index (Phi) is 22.1. The highest BCUT2D eigenvalue weighted by molar-refractivity contribution is 6.33. The first-order chi connectivity index (χ1) is 68.0. The van der Waals surface area contributed by atoms with E-state index in [1.165, 1.54) is 248 Å². The molecule has 0 spiro atoms. The Morgan fingerprint density at radius 2 is 0.464 bits per heavy atom. The number of hydrogen-bond donors (Lipinski definition) is 0.